The van der Waals surface area contributed by atoms with Crippen molar-refractivity contribution < 1.29 is 24.1 Å². The maximum absolute atomic E-state index is 13.1. The Morgan fingerprint density at radius 2 is 1.89 bits per heavy atom. The average Bonchev–Trinajstić information content (AvgIpc) is 2.59. The molecule has 5 nitrogen and oxygen atoms in total. The first-order valence-corrected chi connectivity index (χ1v) is 9.92. The standard InChI is InChI=1S/C21H27ClO5/c1-13(23)21(27-26-20(2,3)4)18(14-8-6-5-7-9-14)16-12-15(22)10-11-17(16)25-19(21)24/h10-12,14,18H,5-9H2,1-4H3/t18-,21+/m1/s1. The zero-order valence-electron chi connectivity index (χ0n) is 16.3. The summed E-state index contributed by atoms with van der Waals surface area (Å²) in [7, 11) is 0. The van der Waals surface area contributed by atoms with Gasteiger partial charge in [-0.1, -0.05) is 30.9 Å². The number of rotatable bonds is 4. The van der Waals surface area contributed by atoms with Crippen molar-refractivity contribution in [2.45, 2.75) is 76.9 Å². The fourth-order valence-electron chi connectivity index (χ4n) is 4.13. The zero-order chi connectivity index (χ0) is 19.8. The van der Waals surface area contributed by atoms with Crippen molar-refractivity contribution in [3.63, 3.8) is 0 Å². The van der Waals surface area contributed by atoms with Crippen molar-refractivity contribution in [3.05, 3.63) is 28.8 Å². The van der Waals surface area contributed by atoms with E-state index < -0.39 is 28.9 Å². The van der Waals surface area contributed by atoms with Crippen molar-refractivity contribution in [1.29, 1.82) is 0 Å². The third-order valence-electron chi connectivity index (χ3n) is 5.32. The van der Waals surface area contributed by atoms with Gasteiger partial charge in [-0.05, 0) is 64.7 Å². The number of ether oxygens (including phenoxy) is 1. The lowest BCUT2D eigenvalue weighted by Gasteiger charge is -2.44. The summed E-state index contributed by atoms with van der Waals surface area (Å²) < 4.78 is 5.53. The SMILES string of the molecule is CC(=O)[C@@]1(OOC(C)(C)C)C(=O)Oc2ccc(Cl)cc2[C@H]1C1CCCCC1. The maximum Gasteiger partial charge on any atom is 0.355 e. The van der Waals surface area contributed by atoms with Gasteiger partial charge in [-0.2, -0.15) is 0 Å². The highest BCUT2D eigenvalue weighted by atomic mass is 35.5. The van der Waals surface area contributed by atoms with Crippen LogP contribution in [0.2, 0.25) is 5.02 Å². The van der Waals surface area contributed by atoms with E-state index in [2.05, 4.69) is 0 Å². The Morgan fingerprint density at radius 1 is 1.22 bits per heavy atom. The van der Waals surface area contributed by atoms with E-state index in [-0.39, 0.29) is 5.92 Å². The van der Waals surface area contributed by atoms with E-state index in [1.807, 2.05) is 0 Å². The Labute approximate surface area is 165 Å². The molecule has 6 heteroatoms. The molecule has 1 aliphatic heterocycles. The van der Waals surface area contributed by atoms with Gasteiger partial charge in [0.25, 0.3) is 5.60 Å². The van der Waals surface area contributed by atoms with Crippen LogP contribution < -0.4 is 4.74 Å². The lowest BCUT2D eigenvalue weighted by molar-refractivity contribution is -0.392. The van der Waals surface area contributed by atoms with Gasteiger partial charge in [-0.3, -0.25) is 4.79 Å². The monoisotopic (exact) mass is 394 g/mol. The van der Waals surface area contributed by atoms with Crippen LogP contribution in [0, 0.1) is 5.92 Å². The predicted octanol–water partition coefficient (Wildman–Crippen LogP) is 5.00. The van der Waals surface area contributed by atoms with Crippen molar-refractivity contribution in [2.75, 3.05) is 0 Å². The fourth-order valence-corrected chi connectivity index (χ4v) is 4.31. The van der Waals surface area contributed by atoms with Crippen LogP contribution in [0.4, 0.5) is 0 Å². The van der Waals surface area contributed by atoms with Crippen molar-refractivity contribution in [2.24, 2.45) is 5.92 Å². The summed E-state index contributed by atoms with van der Waals surface area (Å²) in [6, 6.07) is 5.14. The number of benzene rings is 1. The minimum atomic E-state index is -1.83. The van der Waals surface area contributed by atoms with E-state index >= 15 is 0 Å². The normalized spacial score (nSPS) is 26.4. The predicted molar refractivity (Wildman–Crippen MR) is 102 cm³/mol. The number of hydrogen-bond donors (Lipinski definition) is 0. The van der Waals surface area contributed by atoms with Gasteiger partial charge in [0, 0.05) is 16.5 Å². The van der Waals surface area contributed by atoms with Gasteiger partial charge in [-0.15, -0.1) is 0 Å². The molecular formula is C21H27ClO5. The van der Waals surface area contributed by atoms with Gasteiger partial charge in [0.2, 0.25) is 0 Å². The van der Waals surface area contributed by atoms with Crippen molar-refractivity contribution >= 4 is 23.4 Å². The summed E-state index contributed by atoms with van der Waals surface area (Å²) >= 11 is 6.24. The molecule has 0 radical (unpaired) electrons. The Bertz CT molecular complexity index is 733. The highest BCUT2D eigenvalue weighted by Gasteiger charge is 2.61. The van der Waals surface area contributed by atoms with Crippen LogP contribution in [-0.4, -0.2) is 23.0 Å². The van der Waals surface area contributed by atoms with Crippen LogP contribution >= 0.6 is 11.6 Å². The average molecular weight is 395 g/mol. The van der Waals surface area contributed by atoms with Crippen LogP contribution in [0.5, 0.6) is 5.75 Å². The summed E-state index contributed by atoms with van der Waals surface area (Å²) in [6.45, 7) is 6.76. The number of Topliss-reactive ketones (excluding diaryl/α,β-unsaturated/α-hetero) is 1. The number of carbonyl (C=O) groups excluding carboxylic acids is 2. The molecule has 2 aliphatic rings. The van der Waals surface area contributed by atoms with Crippen LogP contribution in [0.1, 0.15) is 71.3 Å². The molecule has 3 rings (SSSR count). The van der Waals surface area contributed by atoms with E-state index in [4.69, 9.17) is 26.1 Å². The second kappa shape index (κ2) is 7.53. The minimum absolute atomic E-state index is 0.108. The molecular weight excluding hydrogens is 368 g/mol. The highest BCUT2D eigenvalue weighted by Crippen LogP contribution is 2.51. The van der Waals surface area contributed by atoms with E-state index in [0.29, 0.717) is 10.8 Å². The van der Waals surface area contributed by atoms with Crippen molar-refractivity contribution in [1.82, 2.24) is 0 Å². The third kappa shape index (κ3) is 3.91. The molecule has 1 aromatic carbocycles. The fraction of sp³-hybridized carbons (Fsp3) is 0.619. The molecule has 1 fully saturated rings. The van der Waals surface area contributed by atoms with Gasteiger partial charge in [-0.25, -0.2) is 14.6 Å². The van der Waals surface area contributed by atoms with Gasteiger partial charge in [0.1, 0.15) is 5.75 Å². The van der Waals surface area contributed by atoms with Crippen LogP contribution in [0.15, 0.2) is 18.2 Å². The van der Waals surface area contributed by atoms with Crippen LogP contribution in [0.3, 0.4) is 0 Å². The number of hydrogen-bond acceptors (Lipinski definition) is 5. The number of carbonyl (C=O) groups is 2. The molecule has 1 aromatic rings. The van der Waals surface area contributed by atoms with E-state index in [1.165, 1.54) is 6.92 Å². The lowest BCUT2D eigenvalue weighted by atomic mass is 9.66. The topological polar surface area (TPSA) is 61.8 Å². The second-order valence-electron chi connectivity index (χ2n) is 8.52. The highest BCUT2D eigenvalue weighted by molar-refractivity contribution is 6.30. The molecule has 1 heterocycles. The lowest BCUT2D eigenvalue weighted by Crippen LogP contribution is -2.59. The van der Waals surface area contributed by atoms with Gasteiger partial charge in [0.05, 0.1) is 5.60 Å². The minimum Gasteiger partial charge on any atom is -0.424 e. The van der Waals surface area contributed by atoms with Crippen LogP contribution in [-0.2, 0) is 19.4 Å². The molecule has 0 N–H and O–H groups in total. The molecule has 0 aromatic heterocycles. The first kappa shape index (κ1) is 20.3. The molecule has 0 amide bonds. The first-order chi connectivity index (χ1) is 12.6. The summed E-state index contributed by atoms with van der Waals surface area (Å²) in [4.78, 5) is 37.2. The summed E-state index contributed by atoms with van der Waals surface area (Å²) in [6.07, 6.45) is 5.10. The molecule has 1 saturated carbocycles. The Balaban J connectivity index is 2.15. The molecule has 0 bridgehead atoms. The molecule has 148 valence electrons. The quantitative estimate of drug-likeness (QED) is 0.236. The maximum atomic E-state index is 13.1. The Morgan fingerprint density at radius 3 is 2.48 bits per heavy atom. The smallest absolute Gasteiger partial charge is 0.355 e. The van der Waals surface area contributed by atoms with Crippen LogP contribution in [0.25, 0.3) is 0 Å². The first-order valence-electron chi connectivity index (χ1n) is 9.55. The number of esters is 1. The largest absolute Gasteiger partial charge is 0.424 e. The Kier molecular flexibility index (Phi) is 5.67. The van der Waals surface area contributed by atoms with Crippen molar-refractivity contribution in [3.8, 4) is 5.75 Å². The molecule has 27 heavy (non-hydrogen) atoms. The van der Waals surface area contributed by atoms with Gasteiger partial charge < -0.3 is 4.74 Å². The van der Waals surface area contributed by atoms with E-state index in [9.17, 15) is 9.59 Å². The second-order valence-corrected chi connectivity index (χ2v) is 8.95. The number of fused-ring (bicyclic) bond motifs is 1. The summed E-state index contributed by atoms with van der Waals surface area (Å²) in [5.74, 6) is -1.08. The van der Waals surface area contributed by atoms with E-state index in [0.717, 1.165) is 37.7 Å². The van der Waals surface area contributed by atoms with Gasteiger partial charge >= 0.3 is 5.97 Å². The summed E-state index contributed by atoms with van der Waals surface area (Å²) in [5.41, 5.74) is -1.77. The van der Waals surface area contributed by atoms with Gasteiger partial charge in [0.15, 0.2) is 5.78 Å². The third-order valence-corrected chi connectivity index (χ3v) is 5.55. The molecule has 0 spiro atoms. The molecule has 0 unspecified atom stereocenters. The number of halogens is 1. The molecule has 2 atom stereocenters. The summed E-state index contributed by atoms with van der Waals surface area (Å²) in [5, 5.41) is 0.529. The molecule has 0 saturated heterocycles. The molecule has 1 aliphatic carbocycles. The zero-order valence-corrected chi connectivity index (χ0v) is 17.1. The Hall–Kier alpha value is -1.43. The van der Waals surface area contributed by atoms with E-state index in [1.54, 1.807) is 39.0 Å². The number of ketones is 1.